The first-order valence-corrected chi connectivity index (χ1v) is 6.68. The summed E-state index contributed by atoms with van der Waals surface area (Å²) in [7, 11) is 0. The zero-order valence-corrected chi connectivity index (χ0v) is 10.4. The first kappa shape index (κ1) is 11.3. The Morgan fingerprint density at radius 3 is 2.88 bits per heavy atom. The van der Waals surface area contributed by atoms with Gasteiger partial charge in [0.2, 0.25) is 0 Å². The molecule has 1 saturated carbocycles. The lowest BCUT2D eigenvalue weighted by Crippen LogP contribution is -2.36. The summed E-state index contributed by atoms with van der Waals surface area (Å²) in [5, 5.41) is 3.63. The second-order valence-corrected chi connectivity index (χ2v) is 5.62. The van der Waals surface area contributed by atoms with Crippen LogP contribution < -0.4 is 5.32 Å². The van der Waals surface area contributed by atoms with E-state index in [1.165, 1.54) is 25.7 Å². The van der Waals surface area contributed by atoms with Crippen LogP contribution in [0.2, 0.25) is 0 Å². The summed E-state index contributed by atoms with van der Waals surface area (Å²) < 4.78 is 11.6. The molecule has 1 N–H and O–H groups in total. The molecule has 2 unspecified atom stereocenters. The average molecular weight is 235 g/mol. The van der Waals surface area contributed by atoms with Gasteiger partial charge in [0.1, 0.15) is 11.9 Å². The van der Waals surface area contributed by atoms with Crippen LogP contribution in [0.15, 0.2) is 22.8 Å². The second kappa shape index (κ2) is 4.46. The van der Waals surface area contributed by atoms with E-state index in [-0.39, 0.29) is 6.10 Å². The molecular weight excluding hydrogens is 214 g/mol. The molecule has 3 rings (SSSR count). The van der Waals surface area contributed by atoms with Crippen molar-refractivity contribution in [3.8, 4) is 0 Å². The van der Waals surface area contributed by atoms with Gasteiger partial charge < -0.3 is 14.5 Å². The lowest BCUT2D eigenvalue weighted by Gasteiger charge is -2.26. The Morgan fingerprint density at radius 2 is 2.18 bits per heavy atom. The second-order valence-electron chi connectivity index (χ2n) is 5.62. The van der Waals surface area contributed by atoms with Crippen molar-refractivity contribution in [1.29, 1.82) is 0 Å². The van der Waals surface area contributed by atoms with Gasteiger partial charge in [0.15, 0.2) is 0 Å². The molecule has 3 nitrogen and oxygen atoms in total. The largest absolute Gasteiger partial charge is 0.467 e. The van der Waals surface area contributed by atoms with Gasteiger partial charge in [-0.1, -0.05) is 12.8 Å². The molecular formula is C14H21NO2. The van der Waals surface area contributed by atoms with Gasteiger partial charge in [-0.25, -0.2) is 0 Å². The smallest absolute Gasteiger partial charge is 0.134 e. The van der Waals surface area contributed by atoms with Crippen molar-refractivity contribution in [1.82, 2.24) is 5.32 Å². The number of nitrogens with one attached hydrogen (secondary N) is 1. The van der Waals surface area contributed by atoms with Crippen LogP contribution in [0.5, 0.6) is 0 Å². The molecule has 17 heavy (non-hydrogen) atoms. The van der Waals surface area contributed by atoms with Crippen molar-refractivity contribution in [3.63, 3.8) is 0 Å². The molecule has 1 aromatic heterocycles. The Balaban J connectivity index is 1.75. The first-order valence-electron chi connectivity index (χ1n) is 6.68. The van der Waals surface area contributed by atoms with Crippen LogP contribution in [0, 0.1) is 5.41 Å². The third-order valence-electron chi connectivity index (χ3n) is 4.31. The number of hydrogen-bond donors (Lipinski definition) is 1. The monoisotopic (exact) mass is 235 g/mol. The van der Waals surface area contributed by atoms with E-state index < -0.39 is 0 Å². The van der Waals surface area contributed by atoms with Crippen LogP contribution in [-0.2, 0) is 4.74 Å². The quantitative estimate of drug-likeness (QED) is 0.812. The summed E-state index contributed by atoms with van der Waals surface area (Å²) >= 11 is 0. The highest BCUT2D eigenvalue weighted by Gasteiger charge is 2.39. The van der Waals surface area contributed by atoms with E-state index >= 15 is 0 Å². The normalized spacial score (nSPS) is 32.8. The number of ether oxygens (including phenoxy) is 1. The number of furan rings is 1. The molecule has 0 aromatic carbocycles. The van der Waals surface area contributed by atoms with Crippen molar-refractivity contribution in [2.45, 2.75) is 44.8 Å². The lowest BCUT2D eigenvalue weighted by molar-refractivity contribution is -0.00669. The van der Waals surface area contributed by atoms with Crippen molar-refractivity contribution < 1.29 is 9.15 Å². The summed E-state index contributed by atoms with van der Waals surface area (Å²) in [5.74, 6) is 0.944. The maximum atomic E-state index is 6.14. The van der Waals surface area contributed by atoms with E-state index in [9.17, 15) is 0 Å². The predicted octanol–water partition coefficient (Wildman–Crippen LogP) is 2.89. The average Bonchev–Trinajstić information content (AvgIpc) is 2.96. The van der Waals surface area contributed by atoms with Crippen LogP contribution in [-0.4, -0.2) is 19.2 Å². The zero-order valence-electron chi connectivity index (χ0n) is 10.4. The molecule has 2 atom stereocenters. The summed E-state index contributed by atoms with van der Waals surface area (Å²) in [5.41, 5.74) is 0.385. The fourth-order valence-corrected chi connectivity index (χ4v) is 3.17. The minimum absolute atomic E-state index is 0.0602. The molecule has 2 heterocycles. The van der Waals surface area contributed by atoms with Gasteiger partial charge >= 0.3 is 0 Å². The minimum atomic E-state index is 0.0602. The molecule has 1 aliphatic carbocycles. The molecule has 1 aromatic rings. The van der Waals surface area contributed by atoms with E-state index in [1.807, 2.05) is 12.1 Å². The Hall–Kier alpha value is -0.800. The third-order valence-corrected chi connectivity index (χ3v) is 4.31. The molecule has 2 aliphatic rings. The van der Waals surface area contributed by atoms with E-state index in [0.29, 0.717) is 11.5 Å². The van der Waals surface area contributed by atoms with Gasteiger partial charge in [-0.15, -0.1) is 0 Å². The standard InChI is InChI=1S/C14H21NO2/c1-11-13(12-5-4-8-16-12)17-10-14(9-15-11)6-2-3-7-14/h4-5,8,11,13,15H,2-3,6-7,9-10H2,1H3. The van der Waals surface area contributed by atoms with Crippen LogP contribution in [0.1, 0.15) is 44.5 Å². The van der Waals surface area contributed by atoms with E-state index in [4.69, 9.17) is 9.15 Å². The maximum absolute atomic E-state index is 6.14. The van der Waals surface area contributed by atoms with Gasteiger partial charge in [0.25, 0.3) is 0 Å². The molecule has 1 aliphatic heterocycles. The fraction of sp³-hybridized carbons (Fsp3) is 0.714. The fourth-order valence-electron chi connectivity index (χ4n) is 3.17. The molecule has 0 amide bonds. The van der Waals surface area contributed by atoms with Crippen LogP contribution in [0.3, 0.4) is 0 Å². The number of rotatable bonds is 1. The zero-order chi connectivity index (χ0) is 11.7. The Bertz CT molecular complexity index is 354. The van der Waals surface area contributed by atoms with Gasteiger partial charge in [-0.3, -0.25) is 0 Å². The third kappa shape index (κ3) is 2.14. The maximum Gasteiger partial charge on any atom is 0.134 e. The molecule has 0 radical (unpaired) electrons. The highest BCUT2D eigenvalue weighted by Crippen LogP contribution is 2.41. The van der Waals surface area contributed by atoms with Gasteiger partial charge in [-0.05, 0) is 31.9 Å². The first-order chi connectivity index (χ1) is 8.29. The summed E-state index contributed by atoms with van der Waals surface area (Å²) in [6, 6.07) is 4.26. The highest BCUT2D eigenvalue weighted by molar-refractivity contribution is 5.06. The van der Waals surface area contributed by atoms with Crippen molar-refractivity contribution >= 4 is 0 Å². The SMILES string of the molecule is CC1NCC2(CCCC2)COC1c1ccco1. The molecule has 94 valence electrons. The van der Waals surface area contributed by atoms with Crippen molar-refractivity contribution in [2.75, 3.05) is 13.2 Å². The van der Waals surface area contributed by atoms with E-state index in [0.717, 1.165) is 18.9 Å². The molecule has 1 spiro atoms. The topological polar surface area (TPSA) is 34.4 Å². The Kier molecular flexibility index (Phi) is 2.97. The van der Waals surface area contributed by atoms with Gasteiger partial charge in [0, 0.05) is 18.0 Å². The Morgan fingerprint density at radius 1 is 1.35 bits per heavy atom. The lowest BCUT2D eigenvalue weighted by atomic mass is 9.87. The van der Waals surface area contributed by atoms with Crippen LogP contribution >= 0.6 is 0 Å². The van der Waals surface area contributed by atoms with E-state index in [1.54, 1.807) is 6.26 Å². The van der Waals surface area contributed by atoms with Crippen molar-refractivity contribution in [2.24, 2.45) is 5.41 Å². The van der Waals surface area contributed by atoms with E-state index in [2.05, 4.69) is 12.2 Å². The summed E-state index contributed by atoms with van der Waals surface area (Å²) in [6.07, 6.45) is 7.09. The molecule has 1 saturated heterocycles. The number of hydrogen-bond acceptors (Lipinski definition) is 3. The summed E-state index contributed by atoms with van der Waals surface area (Å²) in [6.45, 7) is 4.14. The molecule has 2 fully saturated rings. The van der Waals surface area contributed by atoms with Crippen LogP contribution in [0.25, 0.3) is 0 Å². The molecule has 0 bridgehead atoms. The predicted molar refractivity (Wildman–Crippen MR) is 65.8 cm³/mol. The Labute approximate surface area is 103 Å². The molecule has 3 heteroatoms. The highest BCUT2D eigenvalue weighted by atomic mass is 16.5. The van der Waals surface area contributed by atoms with Gasteiger partial charge in [-0.2, -0.15) is 0 Å². The van der Waals surface area contributed by atoms with Crippen LogP contribution in [0.4, 0.5) is 0 Å². The van der Waals surface area contributed by atoms with Crippen molar-refractivity contribution in [3.05, 3.63) is 24.2 Å². The minimum Gasteiger partial charge on any atom is -0.467 e. The van der Waals surface area contributed by atoms with Gasteiger partial charge in [0.05, 0.1) is 12.9 Å². The summed E-state index contributed by atoms with van der Waals surface area (Å²) in [4.78, 5) is 0.